The third kappa shape index (κ3) is 1.91. The van der Waals surface area contributed by atoms with Gasteiger partial charge in [-0.15, -0.1) is 0 Å². The maximum atomic E-state index is 5.34. The fourth-order valence-corrected chi connectivity index (χ4v) is 4.14. The minimum atomic E-state index is 0.386. The molecule has 0 bridgehead atoms. The molecule has 2 aromatic heterocycles. The number of ether oxygens (including phenoxy) is 1. The van der Waals surface area contributed by atoms with Crippen LogP contribution in [0.25, 0.3) is 10.9 Å². The molecule has 2 aliphatic rings. The number of fused-ring (bicyclic) bond motifs is 6. The number of nitrogens with zero attached hydrogens (tertiary/aromatic N) is 2. The first-order valence-corrected chi connectivity index (χ1v) is 8.19. The van der Waals surface area contributed by atoms with Crippen molar-refractivity contribution in [1.82, 2.24) is 14.9 Å². The fraction of sp³-hybridized carbons (Fsp3) is 0.316. The van der Waals surface area contributed by atoms with E-state index in [1.165, 1.54) is 33.4 Å². The third-order valence-electron chi connectivity index (χ3n) is 5.30. The molecule has 3 aromatic rings. The Balaban J connectivity index is 1.61. The highest BCUT2D eigenvalue weighted by Gasteiger charge is 2.34. The molecule has 0 fully saturated rings. The maximum Gasteiger partial charge on any atom is 0.137 e. The van der Waals surface area contributed by atoms with Crippen LogP contribution in [0.5, 0.6) is 5.75 Å². The molecule has 4 nitrogen and oxygen atoms in total. The quantitative estimate of drug-likeness (QED) is 0.750. The monoisotopic (exact) mass is 305 g/mol. The number of methoxy groups -OCH3 is 1. The smallest absolute Gasteiger partial charge is 0.137 e. The first-order valence-electron chi connectivity index (χ1n) is 8.19. The number of aromatic amines is 1. The number of rotatable bonds is 1. The molecule has 4 heterocycles. The standard InChI is InChI=1S/C19H19N3O/c1-23-13-8-12-6-7-22-11-17-15(9-18(22)19(12)20-10-13)14-4-2-3-5-16(14)21-17/h2-5,8,10,18,21H,6-7,9,11H2,1H3/t18-/m0/s1. The van der Waals surface area contributed by atoms with Crippen LogP contribution >= 0.6 is 0 Å². The van der Waals surface area contributed by atoms with E-state index in [0.29, 0.717) is 6.04 Å². The summed E-state index contributed by atoms with van der Waals surface area (Å²) in [5, 5.41) is 1.36. The molecular formula is C19H19N3O. The van der Waals surface area contributed by atoms with Crippen molar-refractivity contribution < 1.29 is 4.74 Å². The van der Waals surface area contributed by atoms with Crippen molar-refractivity contribution in [2.75, 3.05) is 13.7 Å². The van der Waals surface area contributed by atoms with Gasteiger partial charge in [0.2, 0.25) is 0 Å². The molecule has 0 unspecified atom stereocenters. The van der Waals surface area contributed by atoms with E-state index in [-0.39, 0.29) is 0 Å². The number of benzene rings is 1. The van der Waals surface area contributed by atoms with E-state index in [4.69, 9.17) is 9.72 Å². The lowest BCUT2D eigenvalue weighted by molar-refractivity contribution is 0.155. The van der Waals surface area contributed by atoms with Crippen LogP contribution in [0.3, 0.4) is 0 Å². The van der Waals surface area contributed by atoms with Crippen molar-refractivity contribution >= 4 is 10.9 Å². The van der Waals surface area contributed by atoms with E-state index < -0.39 is 0 Å². The zero-order valence-corrected chi connectivity index (χ0v) is 13.2. The number of hydrogen-bond acceptors (Lipinski definition) is 3. The van der Waals surface area contributed by atoms with Crippen molar-refractivity contribution in [2.24, 2.45) is 0 Å². The molecule has 116 valence electrons. The lowest BCUT2D eigenvalue weighted by atomic mass is 9.88. The minimum Gasteiger partial charge on any atom is -0.495 e. The Labute approximate surface area is 135 Å². The summed E-state index contributed by atoms with van der Waals surface area (Å²) in [7, 11) is 1.71. The second-order valence-corrected chi connectivity index (χ2v) is 6.49. The fourth-order valence-electron chi connectivity index (χ4n) is 4.14. The average molecular weight is 305 g/mol. The first-order chi connectivity index (χ1) is 11.3. The summed E-state index contributed by atoms with van der Waals surface area (Å²) < 4.78 is 5.34. The van der Waals surface area contributed by atoms with Crippen LogP contribution in [0, 0.1) is 0 Å². The van der Waals surface area contributed by atoms with E-state index in [1.54, 1.807) is 7.11 Å². The molecule has 4 heteroatoms. The number of H-pyrrole nitrogens is 1. The highest BCUT2D eigenvalue weighted by Crippen LogP contribution is 2.40. The molecule has 23 heavy (non-hydrogen) atoms. The van der Waals surface area contributed by atoms with Gasteiger partial charge in [-0.25, -0.2) is 0 Å². The Morgan fingerprint density at radius 1 is 1.30 bits per heavy atom. The predicted molar refractivity (Wildman–Crippen MR) is 89.6 cm³/mol. The van der Waals surface area contributed by atoms with Gasteiger partial charge in [-0.2, -0.15) is 0 Å². The van der Waals surface area contributed by atoms with E-state index >= 15 is 0 Å². The molecule has 1 N–H and O–H groups in total. The van der Waals surface area contributed by atoms with Gasteiger partial charge >= 0.3 is 0 Å². The Kier molecular flexibility index (Phi) is 2.76. The third-order valence-corrected chi connectivity index (χ3v) is 5.30. The summed E-state index contributed by atoms with van der Waals surface area (Å²) in [6, 6.07) is 11.2. The van der Waals surface area contributed by atoms with Gasteiger partial charge < -0.3 is 9.72 Å². The van der Waals surface area contributed by atoms with E-state index in [1.807, 2.05) is 6.20 Å². The lowest BCUT2D eigenvalue weighted by Gasteiger charge is -2.39. The molecular weight excluding hydrogens is 286 g/mol. The number of para-hydroxylation sites is 1. The minimum absolute atomic E-state index is 0.386. The van der Waals surface area contributed by atoms with Crippen molar-refractivity contribution in [3.05, 3.63) is 59.0 Å². The Bertz CT molecular complexity index is 899. The molecule has 0 amide bonds. The SMILES string of the molecule is COc1cnc2c(c1)CCN1Cc3[nH]c4ccccc4c3C[C@@H]21. The zero-order valence-electron chi connectivity index (χ0n) is 13.2. The molecule has 0 aliphatic carbocycles. The molecule has 5 rings (SSSR count). The van der Waals surface area contributed by atoms with Gasteiger partial charge in [0.05, 0.1) is 25.0 Å². The number of nitrogens with one attached hydrogen (secondary N) is 1. The van der Waals surface area contributed by atoms with E-state index in [9.17, 15) is 0 Å². The Hall–Kier alpha value is -2.33. The van der Waals surface area contributed by atoms with Crippen molar-refractivity contribution in [2.45, 2.75) is 25.4 Å². The molecule has 0 saturated heterocycles. The van der Waals surface area contributed by atoms with Gasteiger partial charge in [-0.3, -0.25) is 9.88 Å². The first kappa shape index (κ1) is 13.1. The van der Waals surface area contributed by atoms with Crippen LogP contribution in [-0.4, -0.2) is 28.5 Å². The second-order valence-electron chi connectivity index (χ2n) is 6.49. The van der Waals surface area contributed by atoms with Gasteiger partial charge in [-0.1, -0.05) is 18.2 Å². The summed E-state index contributed by atoms with van der Waals surface area (Å²) in [4.78, 5) is 10.9. The largest absolute Gasteiger partial charge is 0.495 e. The topological polar surface area (TPSA) is 41.1 Å². The number of pyridine rings is 1. The summed E-state index contributed by atoms with van der Waals surface area (Å²) in [6.45, 7) is 2.07. The Morgan fingerprint density at radius 3 is 3.13 bits per heavy atom. The van der Waals surface area contributed by atoms with Gasteiger partial charge in [0.25, 0.3) is 0 Å². The van der Waals surface area contributed by atoms with Gasteiger partial charge in [0, 0.05) is 29.7 Å². The van der Waals surface area contributed by atoms with Crippen molar-refractivity contribution in [3.63, 3.8) is 0 Å². The molecule has 0 spiro atoms. The van der Waals surface area contributed by atoms with Gasteiger partial charge in [-0.05, 0) is 36.1 Å². The number of aromatic nitrogens is 2. The molecule has 0 saturated carbocycles. The molecule has 1 aromatic carbocycles. The van der Waals surface area contributed by atoms with Crippen LogP contribution in [0.1, 0.15) is 28.6 Å². The highest BCUT2D eigenvalue weighted by molar-refractivity contribution is 5.85. The van der Waals surface area contributed by atoms with Gasteiger partial charge in [0.1, 0.15) is 5.75 Å². The number of hydrogen-bond donors (Lipinski definition) is 1. The van der Waals surface area contributed by atoms with E-state index in [0.717, 1.165) is 31.7 Å². The summed E-state index contributed by atoms with van der Waals surface area (Å²) >= 11 is 0. The molecule has 2 aliphatic heterocycles. The van der Waals surface area contributed by atoms with Crippen molar-refractivity contribution in [1.29, 1.82) is 0 Å². The summed E-state index contributed by atoms with van der Waals surface area (Å²) in [5.74, 6) is 0.862. The second kappa shape index (κ2) is 4.83. The van der Waals surface area contributed by atoms with Crippen LogP contribution in [0.2, 0.25) is 0 Å². The van der Waals surface area contributed by atoms with Crippen LogP contribution in [-0.2, 0) is 19.4 Å². The average Bonchev–Trinajstić information content (AvgIpc) is 2.97. The zero-order chi connectivity index (χ0) is 15.4. The normalized spacial score (nSPS) is 20.0. The van der Waals surface area contributed by atoms with Crippen LogP contribution in [0.15, 0.2) is 36.5 Å². The van der Waals surface area contributed by atoms with Crippen molar-refractivity contribution in [3.8, 4) is 5.75 Å². The van der Waals surface area contributed by atoms with E-state index in [2.05, 4.69) is 40.2 Å². The molecule has 0 radical (unpaired) electrons. The summed E-state index contributed by atoms with van der Waals surface area (Å²) in [6.07, 6.45) is 3.93. The van der Waals surface area contributed by atoms with Crippen LogP contribution < -0.4 is 4.74 Å². The predicted octanol–water partition coefficient (Wildman–Crippen LogP) is 3.23. The highest BCUT2D eigenvalue weighted by atomic mass is 16.5. The maximum absolute atomic E-state index is 5.34. The van der Waals surface area contributed by atoms with Gasteiger partial charge in [0.15, 0.2) is 0 Å². The Morgan fingerprint density at radius 2 is 2.22 bits per heavy atom. The lowest BCUT2D eigenvalue weighted by Crippen LogP contribution is -2.39. The molecule has 1 atom stereocenters. The summed E-state index contributed by atoms with van der Waals surface area (Å²) in [5.41, 5.74) is 6.66. The van der Waals surface area contributed by atoms with Crippen LogP contribution in [0.4, 0.5) is 0 Å².